The highest BCUT2D eigenvalue weighted by Gasteiger charge is 2.24. The van der Waals surface area contributed by atoms with E-state index in [-0.39, 0.29) is 17.5 Å². The van der Waals surface area contributed by atoms with Gasteiger partial charge in [-0.15, -0.1) is 0 Å². The molecule has 33 heavy (non-hydrogen) atoms. The number of benzene rings is 2. The van der Waals surface area contributed by atoms with Crippen molar-refractivity contribution in [2.75, 3.05) is 6.61 Å². The normalized spacial score (nSPS) is 18.3. The van der Waals surface area contributed by atoms with Crippen molar-refractivity contribution in [2.24, 2.45) is 5.92 Å². The Bertz CT molecular complexity index is 1040. The Morgan fingerprint density at radius 1 is 1.18 bits per heavy atom. The standard InChI is InChI=1S/C26H28Br2N2O3/c1-3-32-24-14-19(12-20(15-29)26(31)30-23-7-5-4-6-17(23)2)13-22(28)25(24)33-16-18-8-10-21(27)11-9-18/h8-14,17,23H,3-7,16H2,1-2H3,(H,30,31)/b20-12+/t17-,23+/m0/s1. The van der Waals surface area contributed by atoms with Gasteiger partial charge < -0.3 is 14.8 Å². The lowest BCUT2D eigenvalue weighted by atomic mass is 9.86. The number of nitriles is 1. The van der Waals surface area contributed by atoms with Gasteiger partial charge in [0.2, 0.25) is 0 Å². The molecule has 3 rings (SSSR count). The Hall–Kier alpha value is -2.30. The number of carbonyl (C=O) groups is 1. The molecule has 0 aromatic heterocycles. The summed E-state index contributed by atoms with van der Waals surface area (Å²) in [6.45, 7) is 4.89. The number of rotatable bonds is 8. The van der Waals surface area contributed by atoms with Crippen LogP contribution in [-0.4, -0.2) is 18.6 Å². The van der Waals surface area contributed by atoms with Gasteiger partial charge in [0.1, 0.15) is 18.2 Å². The first-order chi connectivity index (χ1) is 15.9. The monoisotopic (exact) mass is 574 g/mol. The number of hydrogen-bond acceptors (Lipinski definition) is 4. The SMILES string of the molecule is CCOc1cc(/C=C(\C#N)C(=O)N[C@@H]2CCCC[C@@H]2C)cc(Br)c1OCc1ccc(Br)cc1. The Morgan fingerprint density at radius 2 is 1.91 bits per heavy atom. The fourth-order valence-corrected chi connectivity index (χ4v) is 4.74. The predicted octanol–water partition coefficient (Wildman–Crippen LogP) is 6.79. The summed E-state index contributed by atoms with van der Waals surface area (Å²) in [5.41, 5.74) is 1.78. The van der Waals surface area contributed by atoms with Crippen LogP contribution in [0.25, 0.3) is 6.08 Å². The van der Waals surface area contributed by atoms with Gasteiger partial charge in [0.25, 0.3) is 5.91 Å². The van der Waals surface area contributed by atoms with Crippen molar-refractivity contribution >= 4 is 43.8 Å². The number of halogens is 2. The Balaban J connectivity index is 1.79. The molecule has 0 radical (unpaired) electrons. The van der Waals surface area contributed by atoms with Crippen molar-refractivity contribution in [1.82, 2.24) is 5.32 Å². The molecule has 0 bridgehead atoms. The van der Waals surface area contributed by atoms with Gasteiger partial charge >= 0.3 is 0 Å². The summed E-state index contributed by atoms with van der Waals surface area (Å²) in [7, 11) is 0. The zero-order valence-electron chi connectivity index (χ0n) is 18.9. The Kier molecular flexibility index (Phi) is 9.40. The van der Waals surface area contributed by atoms with E-state index in [0.717, 1.165) is 29.3 Å². The number of ether oxygens (including phenoxy) is 2. The summed E-state index contributed by atoms with van der Waals surface area (Å²) in [6, 6.07) is 13.7. The Morgan fingerprint density at radius 3 is 2.58 bits per heavy atom. The summed E-state index contributed by atoms with van der Waals surface area (Å²) in [5.74, 6) is 1.22. The van der Waals surface area contributed by atoms with E-state index in [2.05, 4.69) is 44.1 Å². The number of nitrogens with one attached hydrogen (secondary N) is 1. The van der Waals surface area contributed by atoms with Crippen molar-refractivity contribution in [2.45, 2.75) is 52.2 Å². The van der Waals surface area contributed by atoms with Crippen molar-refractivity contribution in [3.8, 4) is 17.6 Å². The van der Waals surface area contributed by atoms with Crippen molar-refractivity contribution < 1.29 is 14.3 Å². The second-order valence-corrected chi connectivity index (χ2v) is 9.96. The van der Waals surface area contributed by atoms with Gasteiger partial charge in [-0.3, -0.25) is 4.79 Å². The number of hydrogen-bond donors (Lipinski definition) is 1. The second-order valence-electron chi connectivity index (χ2n) is 8.19. The minimum Gasteiger partial charge on any atom is -0.490 e. The van der Waals surface area contributed by atoms with Gasteiger partial charge in [-0.05, 0) is 83.1 Å². The molecule has 0 heterocycles. The molecule has 1 amide bonds. The van der Waals surface area contributed by atoms with Gasteiger partial charge in [-0.1, -0.05) is 47.8 Å². The largest absolute Gasteiger partial charge is 0.490 e. The summed E-state index contributed by atoms with van der Waals surface area (Å²) in [4.78, 5) is 12.8. The molecule has 1 N–H and O–H groups in total. The lowest BCUT2D eigenvalue weighted by molar-refractivity contribution is -0.118. The molecule has 0 spiro atoms. The first kappa shape index (κ1) is 25.3. The molecule has 2 aromatic rings. The molecule has 0 saturated heterocycles. The Labute approximate surface area is 212 Å². The molecular formula is C26H28Br2N2O3. The molecule has 1 fully saturated rings. The number of carbonyl (C=O) groups excluding carboxylic acids is 1. The molecule has 7 heteroatoms. The zero-order valence-corrected chi connectivity index (χ0v) is 22.0. The first-order valence-corrected chi connectivity index (χ1v) is 12.8. The molecule has 1 aliphatic rings. The third kappa shape index (κ3) is 7.09. The smallest absolute Gasteiger partial charge is 0.262 e. The molecule has 0 unspecified atom stereocenters. The zero-order chi connectivity index (χ0) is 23.8. The van der Waals surface area contributed by atoms with E-state index in [1.807, 2.05) is 43.3 Å². The number of nitrogens with zero attached hydrogens (tertiary/aromatic N) is 1. The lowest BCUT2D eigenvalue weighted by Crippen LogP contribution is -2.41. The highest BCUT2D eigenvalue weighted by Crippen LogP contribution is 2.38. The van der Waals surface area contributed by atoms with Gasteiger partial charge in [0.05, 0.1) is 11.1 Å². The van der Waals surface area contributed by atoms with Crippen LogP contribution < -0.4 is 14.8 Å². The van der Waals surface area contributed by atoms with E-state index in [4.69, 9.17) is 9.47 Å². The summed E-state index contributed by atoms with van der Waals surface area (Å²) >= 11 is 7.00. The minimum atomic E-state index is -0.333. The summed E-state index contributed by atoms with van der Waals surface area (Å²) in [5, 5.41) is 12.7. The fourth-order valence-electron chi connectivity index (χ4n) is 3.90. The molecule has 5 nitrogen and oxygen atoms in total. The van der Waals surface area contributed by atoms with Crippen LogP contribution >= 0.6 is 31.9 Å². The highest BCUT2D eigenvalue weighted by atomic mass is 79.9. The third-order valence-electron chi connectivity index (χ3n) is 5.73. The van der Waals surface area contributed by atoms with Gasteiger partial charge in [-0.2, -0.15) is 5.26 Å². The van der Waals surface area contributed by atoms with Gasteiger partial charge in [-0.25, -0.2) is 0 Å². The molecule has 2 atom stereocenters. The van der Waals surface area contributed by atoms with E-state index in [1.54, 1.807) is 12.1 Å². The van der Waals surface area contributed by atoms with E-state index in [0.29, 0.717) is 40.7 Å². The minimum absolute atomic E-state index is 0.0747. The van der Waals surface area contributed by atoms with Crippen LogP contribution in [0.5, 0.6) is 11.5 Å². The van der Waals surface area contributed by atoms with Crippen molar-refractivity contribution in [1.29, 1.82) is 5.26 Å². The quantitative estimate of drug-likeness (QED) is 0.278. The van der Waals surface area contributed by atoms with Crippen molar-refractivity contribution in [3.05, 3.63) is 62.0 Å². The van der Waals surface area contributed by atoms with Crippen LogP contribution in [-0.2, 0) is 11.4 Å². The fraction of sp³-hybridized carbons (Fsp3) is 0.385. The highest BCUT2D eigenvalue weighted by molar-refractivity contribution is 9.10. The van der Waals surface area contributed by atoms with Gasteiger partial charge in [0, 0.05) is 10.5 Å². The molecular weight excluding hydrogens is 548 g/mol. The molecule has 1 saturated carbocycles. The summed E-state index contributed by atoms with van der Waals surface area (Å²) < 4.78 is 13.5. The van der Waals surface area contributed by atoms with E-state index in [9.17, 15) is 10.1 Å². The van der Waals surface area contributed by atoms with Crippen LogP contribution in [0.2, 0.25) is 0 Å². The maximum absolute atomic E-state index is 12.8. The van der Waals surface area contributed by atoms with Crippen LogP contribution in [0.4, 0.5) is 0 Å². The maximum Gasteiger partial charge on any atom is 0.262 e. The van der Waals surface area contributed by atoms with Crippen LogP contribution in [0.1, 0.15) is 50.7 Å². The molecule has 2 aromatic carbocycles. The average molecular weight is 576 g/mol. The van der Waals surface area contributed by atoms with Crippen LogP contribution in [0.15, 0.2) is 50.9 Å². The second kappa shape index (κ2) is 12.2. The van der Waals surface area contributed by atoms with Crippen LogP contribution in [0, 0.1) is 17.2 Å². The molecule has 1 aliphatic carbocycles. The van der Waals surface area contributed by atoms with Crippen molar-refractivity contribution in [3.63, 3.8) is 0 Å². The van der Waals surface area contributed by atoms with E-state index >= 15 is 0 Å². The third-order valence-corrected chi connectivity index (χ3v) is 6.85. The van der Waals surface area contributed by atoms with E-state index in [1.165, 1.54) is 6.42 Å². The van der Waals surface area contributed by atoms with Crippen LogP contribution in [0.3, 0.4) is 0 Å². The van der Waals surface area contributed by atoms with E-state index < -0.39 is 0 Å². The van der Waals surface area contributed by atoms with Gasteiger partial charge in [0.15, 0.2) is 11.5 Å². The predicted molar refractivity (Wildman–Crippen MR) is 137 cm³/mol. The first-order valence-electron chi connectivity index (χ1n) is 11.2. The molecule has 0 aliphatic heterocycles. The lowest BCUT2D eigenvalue weighted by Gasteiger charge is -2.29. The average Bonchev–Trinajstić information content (AvgIpc) is 2.79. The maximum atomic E-state index is 12.8. The number of amides is 1. The molecule has 174 valence electrons. The topological polar surface area (TPSA) is 71.3 Å². The summed E-state index contributed by atoms with van der Waals surface area (Å²) in [6.07, 6.45) is 5.94.